The molecule has 94 valence electrons. The number of rotatable bonds is 4. The zero-order valence-electron chi connectivity index (χ0n) is 10.2. The van der Waals surface area contributed by atoms with Crippen molar-refractivity contribution in [2.24, 2.45) is 7.05 Å². The normalized spacial score (nSPS) is 15.2. The fourth-order valence-corrected chi connectivity index (χ4v) is 2.26. The van der Waals surface area contributed by atoms with E-state index in [1.807, 2.05) is 0 Å². The van der Waals surface area contributed by atoms with Gasteiger partial charge in [0, 0.05) is 30.2 Å². The van der Waals surface area contributed by atoms with Gasteiger partial charge in [0.05, 0.1) is 12.1 Å². The molecule has 1 saturated carbocycles. The van der Waals surface area contributed by atoms with Crippen molar-refractivity contribution in [2.75, 3.05) is 6.54 Å². The molecule has 18 heavy (non-hydrogen) atoms. The van der Waals surface area contributed by atoms with Gasteiger partial charge in [-0.15, -0.1) is 0 Å². The average Bonchev–Trinajstić information content (AvgIpc) is 3.11. The van der Waals surface area contributed by atoms with Gasteiger partial charge in [0.15, 0.2) is 5.78 Å². The summed E-state index contributed by atoms with van der Waals surface area (Å²) < 4.78 is 15.4. The largest absolute Gasteiger partial charge is 0.347 e. The SMILES string of the molecule is Cn1cc(C(=O)CNC2CC2)c2cccc(F)c21. The Morgan fingerprint density at radius 1 is 1.50 bits per heavy atom. The summed E-state index contributed by atoms with van der Waals surface area (Å²) in [5.74, 6) is -0.262. The molecule has 1 fully saturated rings. The highest BCUT2D eigenvalue weighted by molar-refractivity contribution is 6.09. The summed E-state index contributed by atoms with van der Waals surface area (Å²) in [6.45, 7) is 0.334. The molecular weight excluding hydrogens is 231 g/mol. The Morgan fingerprint density at radius 2 is 2.28 bits per heavy atom. The van der Waals surface area contributed by atoms with Crippen LogP contribution < -0.4 is 5.32 Å². The van der Waals surface area contributed by atoms with Crippen molar-refractivity contribution >= 4 is 16.7 Å². The Bertz CT molecular complexity index is 614. The Labute approximate surface area is 105 Å². The lowest BCUT2D eigenvalue weighted by Crippen LogP contribution is -2.24. The first-order chi connectivity index (χ1) is 8.66. The second-order valence-corrected chi connectivity index (χ2v) is 4.87. The highest BCUT2D eigenvalue weighted by Crippen LogP contribution is 2.24. The van der Waals surface area contributed by atoms with Crippen LogP contribution in [0.5, 0.6) is 0 Å². The number of aryl methyl sites for hydroxylation is 1. The van der Waals surface area contributed by atoms with Crippen molar-refractivity contribution in [1.82, 2.24) is 9.88 Å². The first-order valence-corrected chi connectivity index (χ1v) is 6.17. The monoisotopic (exact) mass is 246 g/mol. The van der Waals surface area contributed by atoms with E-state index in [1.165, 1.54) is 6.07 Å². The van der Waals surface area contributed by atoms with Crippen LogP contribution in [0.3, 0.4) is 0 Å². The molecule has 0 radical (unpaired) electrons. The van der Waals surface area contributed by atoms with Crippen LogP contribution in [0.25, 0.3) is 10.9 Å². The zero-order chi connectivity index (χ0) is 12.7. The van der Waals surface area contributed by atoms with Crippen molar-refractivity contribution in [2.45, 2.75) is 18.9 Å². The minimum absolute atomic E-state index is 0.0260. The molecule has 3 rings (SSSR count). The summed E-state index contributed by atoms with van der Waals surface area (Å²) in [5.41, 5.74) is 1.09. The molecule has 0 atom stereocenters. The molecule has 1 aliphatic carbocycles. The number of halogens is 1. The molecule has 0 saturated heterocycles. The lowest BCUT2D eigenvalue weighted by Gasteiger charge is -2.01. The van der Waals surface area contributed by atoms with Crippen LogP contribution in [0.15, 0.2) is 24.4 Å². The van der Waals surface area contributed by atoms with Crippen molar-refractivity contribution in [1.29, 1.82) is 0 Å². The number of carbonyl (C=O) groups excluding carboxylic acids is 1. The molecule has 1 aromatic carbocycles. The van der Waals surface area contributed by atoms with Gasteiger partial charge >= 0.3 is 0 Å². The third-order valence-corrected chi connectivity index (χ3v) is 3.38. The predicted octanol–water partition coefficient (Wildman–Crippen LogP) is 2.25. The van der Waals surface area contributed by atoms with Crippen LogP contribution in [-0.4, -0.2) is 22.9 Å². The molecule has 0 spiro atoms. The average molecular weight is 246 g/mol. The van der Waals surface area contributed by atoms with E-state index in [4.69, 9.17) is 0 Å². The summed E-state index contributed by atoms with van der Waals surface area (Å²) in [5, 5.41) is 3.89. The van der Waals surface area contributed by atoms with Crippen LogP contribution in [0.2, 0.25) is 0 Å². The van der Waals surface area contributed by atoms with Crippen LogP contribution in [0.1, 0.15) is 23.2 Å². The molecule has 1 aliphatic rings. The first-order valence-electron chi connectivity index (χ1n) is 6.17. The van der Waals surface area contributed by atoms with Gasteiger partial charge in [-0.1, -0.05) is 12.1 Å². The van der Waals surface area contributed by atoms with E-state index in [2.05, 4.69) is 5.32 Å². The lowest BCUT2D eigenvalue weighted by molar-refractivity contribution is 0.0992. The summed E-state index contributed by atoms with van der Waals surface area (Å²) in [4.78, 5) is 12.1. The number of Topliss-reactive ketones (excluding diaryl/α,β-unsaturated/α-hetero) is 1. The second-order valence-electron chi connectivity index (χ2n) is 4.87. The van der Waals surface area contributed by atoms with E-state index in [1.54, 1.807) is 29.9 Å². The number of nitrogens with one attached hydrogen (secondary N) is 1. The van der Waals surface area contributed by atoms with Gasteiger partial charge in [0.1, 0.15) is 5.82 Å². The maximum atomic E-state index is 13.7. The molecule has 0 aliphatic heterocycles. The van der Waals surface area contributed by atoms with Gasteiger partial charge in [0.2, 0.25) is 0 Å². The standard InChI is InChI=1S/C14H15FN2O/c1-17-8-11(13(18)7-16-9-5-6-9)10-3-2-4-12(15)14(10)17/h2-4,8-9,16H,5-7H2,1H3. The number of nitrogens with zero attached hydrogens (tertiary/aromatic N) is 1. The fourth-order valence-electron chi connectivity index (χ4n) is 2.26. The van der Waals surface area contributed by atoms with Gasteiger partial charge in [-0.3, -0.25) is 4.79 Å². The van der Waals surface area contributed by atoms with Crippen LogP contribution >= 0.6 is 0 Å². The summed E-state index contributed by atoms with van der Waals surface area (Å²) >= 11 is 0. The van der Waals surface area contributed by atoms with E-state index < -0.39 is 0 Å². The Balaban J connectivity index is 1.95. The fraction of sp³-hybridized carbons (Fsp3) is 0.357. The second kappa shape index (κ2) is 4.21. The Morgan fingerprint density at radius 3 is 3.00 bits per heavy atom. The zero-order valence-corrected chi connectivity index (χ0v) is 10.2. The van der Waals surface area contributed by atoms with Crippen LogP contribution in [0.4, 0.5) is 4.39 Å². The molecular formula is C14H15FN2O. The molecule has 1 heterocycles. The third kappa shape index (κ3) is 1.93. The van der Waals surface area contributed by atoms with E-state index in [0.717, 1.165) is 12.8 Å². The Hall–Kier alpha value is -1.68. The van der Waals surface area contributed by atoms with Crippen molar-refractivity contribution in [3.05, 3.63) is 35.8 Å². The molecule has 0 amide bonds. The predicted molar refractivity (Wildman–Crippen MR) is 68.2 cm³/mol. The number of para-hydroxylation sites is 1. The smallest absolute Gasteiger partial charge is 0.178 e. The van der Waals surface area contributed by atoms with Gasteiger partial charge < -0.3 is 9.88 Å². The van der Waals surface area contributed by atoms with Gasteiger partial charge in [-0.25, -0.2) is 4.39 Å². The topological polar surface area (TPSA) is 34.0 Å². The van der Waals surface area contributed by atoms with E-state index in [9.17, 15) is 9.18 Å². The van der Waals surface area contributed by atoms with Gasteiger partial charge in [0.25, 0.3) is 0 Å². The summed E-state index contributed by atoms with van der Waals surface area (Å²) in [6, 6.07) is 5.35. The van der Waals surface area contributed by atoms with Gasteiger partial charge in [-0.05, 0) is 18.9 Å². The minimum Gasteiger partial charge on any atom is -0.347 e. The number of carbonyl (C=O) groups is 1. The number of hydrogen-bond acceptors (Lipinski definition) is 2. The summed E-state index contributed by atoms with van der Waals surface area (Å²) in [7, 11) is 1.76. The minimum atomic E-state index is -0.288. The number of ketones is 1. The van der Waals surface area contributed by atoms with Gasteiger partial charge in [-0.2, -0.15) is 0 Å². The first kappa shape index (κ1) is 11.4. The molecule has 0 bridgehead atoms. The summed E-state index contributed by atoms with van der Waals surface area (Å²) in [6.07, 6.45) is 4.01. The van der Waals surface area contributed by atoms with Crippen LogP contribution in [0, 0.1) is 5.82 Å². The maximum absolute atomic E-state index is 13.7. The lowest BCUT2D eigenvalue weighted by atomic mass is 10.1. The number of hydrogen-bond donors (Lipinski definition) is 1. The highest BCUT2D eigenvalue weighted by atomic mass is 19.1. The van der Waals surface area contributed by atoms with E-state index in [-0.39, 0.29) is 11.6 Å². The quantitative estimate of drug-likeness (QED) is 0.840. The number of aromatic nitrogens is 1. The maximum Gasteiger partial charge on any atom is 0.178 e. The molecule has 0 unspecified atom stereocenters. The number of benzene rings is 1. The highest BCUT2D eigenvalue weighted by Gasteiger charge is 2.22. The number of fused-ring (bicyclic) bond motifs is 1. The van der Waals surface area contributed by atoms with E-state index >= 15 is 0 Å². The van der Waals surface area contributed by atoms with E-state index in [0.29, 0.717) is 29.1 Å². The van der Waals surface area contributed by atoms with Crippen LogP contribution in [-0.2, 0) is 7.05 Å². The third-order valence-electron chi connectivity index (χ3n) is 3.38. The molecule has 1 aromatic heterocycles. The molecule has 1 N–H and O–H groups in total. The molecule has 3 nitrogen and oxygen atoms in total. The van der Waals surface area contributed by atoms with Crippen molar-refractivity contribution in [3.8, 4) is 0 Å². The Kier molecular flexibility index (Phi) is 2.67. The van der Waals surface area contributed by atoms with Crippen molar-refractivity contribution in [3.63, 3.8) is 0 Å². The van der Waals surface area contributed by atoms with Crippen molar-refractivity contribution < 1.29 is 9.18 Å². The molecule has 2 aromatic rings. The molecule has 4 heteroatoms.